The number of hydrogen-bond acceptors (Lipinski definition) is 4. The molecule has 0 atom stereocenters. The van der Waals surface area contributed by atoms with E-state index < -0.39 is 15.9 Å². The average Bonchev–Trinajstić information content (AvgIpc) is 2.77. The van der Waals surface area contributed by atoms with E-state index in [1.54, 1.807) is 42.5 Å². The Morgan fingerprint density at radius 2 is 1.65 bits per heavy atom. The Morgan fingerprint density at radius 1 is 1.00 bits per heavy atom. The fraction of sp³-hybridized carbons (Fsp3) is 0.130. The molecule has 0 aliphatic heterocycles. The summed E-state index contributed by atoms with van der Waals surface area (Å²) in [6.45, 7) is 1.61. The summed E-state index contributed by atoms with van der Waals surface area (Å²) in [6.07, 6.45) is 1.51. The molecule has 160 valence electrons. The minimum atomic E-state index is -3.90. The van der Waals surface area contributed by atoms with Crippen molar-refractivity contribution >= 4 is 33.7 Å². The Hall–Kier alpha value is -3.00. The number of amides is 1. The standard InChI is InChI=1S/C23H22ClN3O3S/c1-18-7-9-19(10-8-18)15-25-26-23(28)17-27(16-20-11-13-21(24)14-12-20)31(29,30)22-5-3-2-4-6-22/h2-15H,16-17H2,1H3,(H,26,28). The van der Waals surface area contributed by atoms with E-state index in [4.69, 9.17) is 11.6 Å². The van der Waals surface area contributed by atoms with Gasteiger partial charge in [-0.1, -0.05) is 71.8 Å². The predicted octanol–water partition coefficient (Wildman–Crippen LogP) is 3.99. The molecule has 3 rings (SSSR count). The van der Waals surface area contributed by atoms with Crippen molar-refractivity contribution in [2.75, 3.05) is 6.54 Å². The number of halogens is 1. The monoisotopic (exact) mass is 455 g/mol. The molecule has 0 unspecified atom stereocenters. The number of carbonyl (C=O) groups is 1. The molecule has 6 nitrogen and oxygen atoms in total. The maximum atomic E-state index is 13.1. The predicted molar refractivity (Wildman–Crippen MR) is 122 cm³/mol. The van der Waals surface area contributed by atoms with Gasteiger partial charge in [0.15, 0.2) is 0 Å². The number of sulfonamides is 1. The maximum Gasteiger partial charge on any atom is 0.255 e. The van der Waals surface area contributed by atoms with Gasteiger partial charge >= 0.3 is 0 Å². The zero-order valence-electron chi connectivity index (χ0n) is 16.9. The van der Waals surface area contributed by atoms with E-state index in [-0.39, 0.29) is 18.0 Å². The molecule has 3 aromatic rings. The lowest BCUT2D eigenvalue weighted by Crippen LogP contribution is -2.39. The molecule has 0 radical (unpaired) electrons. The molecule has 0 bridgehead atoms. The summed E-state index contributed by atoms with van der Waals surface area (Å²) in [5.41, 5.74) is 5.04. The molecular formula is C23H22ClN3O3S. The summed E-state index contributed by atoms with van der Waals surface area (Å²) in [5, 5.41) is 4.48. The van der Waals surface area contributed by atoms with Gasteiger partial charge in [-0.25, -0.2) is 13.8 Å². The molecule has 0 saturated heterocycles. The van der Waals surface area contributed by atoms with Gasteiger partial charge in [-0.05, 0) is 42.3 Å². The van der Waals surface area contributed by atoms with Crippen LogP contribution in [0, 0.1) is 6.92 Å². The van der Waals surface area contributed by atoms with Gasteiger partial charge in [0.25, 0.3) is 5.91 Å². The molecule has 3 aromatic carbocycles. The van der Waals surface area contributed by atoms with E-state index in [9.17, 15) is 13.2 Å². The van der Waals surface area contributed by atoms with Crippen LogP contribution in [0.4, 0.5) is 0 Å². The zero-order valence-corrected chi connectivity index (χ0v) is 18.5. The van der Waals surface area contributed by atoms with Crippen LogP contribution in [-0.4, -0.2) is 31.4 Å². The fourth-order valence-electron chi connectivity index (χ4n) is 2.79. The first kappa shape index (κ1) is 22.7. The second-order valence-corrected chi connectivity index (χ2v) is 9.29. The summed E-state index contributed by atoms with van der Waals surface area (Å²) in [4.78, 5) is 12.6. The van der Waals surface area contributed by atoms with Gasteiger partial charge in [-0.15, -0.1) is 0 Å². The highest BCUT2D eigenvalue weighted by molar-refractivity contribution is 7.89. The number of carbonyl (C=O) groups excluding carboxylic acids is 1. The first-order valence-corrected chi connectivity index (χ1v) is 11.3. The lowest BCUT2D eigenvalue weighted by molar-refractivity contribution is -0.121. The number of hydrogen-bond donors (Lipinski definition) is 1. The minimum absolute atomic E-state index is 0.0174. The fourth-order valence-corrected chi connectivity index (χ4v) is 4.32. The van der Waals surface area contributed by atoms with Gasteiger partial charge in [0.05, 0.1) is 17.7 Å². The van der Waals surface area contributed by atoms with Gasteiger partial charge in [-0.3, -0.25) is 4.79 Å². The second-order valence-electron chi connectivity index (χ2n) is 6.92. The third-order valence-corrected chi connectivity index (χ3v) is 6.51. The second kappa shape index (κ2) is 10.3. The largest absolute Gasteiger partial charge is 0.272 e. The third-order valence-electron chi connectivity index (χ3n) is 4.45. The lowest BCUT2D eigenvalue weighted by Gasteiger charge is -2.21. The van der Waals surface area contributed by atoms with Crippen molar-refractivity contribution in [3.63, 3.8) is 0 Å². The highest BCUT2D eigenvalue weighted by atomic mass is 35.5. The van der Waals surface area contributed by atoms with E-state index in [0.717, 1.165) is 15.4 Å². The number of rotatable bonds is 8. The van der Waals surface area contributed by atoms with E-state index >= 15 is 0 Å². The molecule has 1 N–H and O–H groups in total. The molecule has 31 heavy (non-hydrogen) atoms. The van der Waals surface area contributed by atoms with E-state index in [2.05, 4.69) is 10.5 Å². The van der Waals surface area contributed by atoms with Crippen LogP contribution in [-0.2, 0) is 21.4 Å². The zero-order chi connectivity index (χ0) is 22.3. The van der Waals surface area contributed by atoms with Crippen LogP contribution in [0.1, 0.15) is 16.7 Å². The summed E-state index contributed by atoms with van der Waals surface area (Å²) < 4.78 is 27.4. The van der Waals surface area contributed by atoms with E-state index in [0.29, 0.717) is 10.6 Å². The van der Waals surface area contributed by atoms with Crippen LogP contribution < -0.4 is 5.43 Å². The third kappa shape index (κ3) is 6.49. The molecule has 0 saturated carbocycles. The van der Waals surface area contributed by atoms with E-state index in [1.165, 1.54) is 18.3 Å². The van der Waals surface area contributed by atoms with Gasteiger partial charge < -0.3 is 0 Å². The SMILES string of the molecule is Cc1ccc(C=NNC(=O)CN(Cc2ccc(Cl)cc2)S(=O)(=O)c2ccccc2)cc1. The van der Waals surface area contributed by atoms with Crippen molar-refractivity contribution in [2.24, 2.45) is 5.10 Å². The quantitative estimate of drug-likeness (QED) is 0.412. The smallest absolute Gasteiger partial charge is 0.255 e. The normalized spacial score (nSPS) is 11.7. The van der Waals surface area contributed by atoms with Crippen LogP contribution in [0.5, 0.6) is 0 Å². The average molecular weight is 456 g/mol. The molecule has 0 fully saturated rings. The molecule has 0 aliphatic carbocycles. The first-order valence-electron chi connectivity index (χ1n) is 9.53. The molecule has 0 aromatic heterocycles. The van der Waals surface area contributed by atoms with Gasteiger partial charge in [-0.2, -0.15) is 9.41 Å². The van der Waals surface area contributed by atoms with Crippen molar-refractivity contribution in [3.05, 3.63) is 101 Å². The van der Waals surface area contributed by atoms with Crippen LogP contribution >= 0.6 is 11.6 Å². The molecule has 0 heterocycles. The molecule has 0 spiro atoms. The number of aryl methyl sites for hydroxylation is 1. The maximum absolute atomic E-state index is 13.1. The summed E-state index contributed by atoms with van der Waals surface area (Å²) in [6, 6.07) is 22.4. The summed E-state index contributed by atoms with van der Waals surface area (Å²) in [5.74, 6) is -0.545. The summed E-state index contributed by atoms with van der Waals surface area (Å²) >= 11 is 5.92. The Bertz CT molecular complexity index is 1150. The number of benzene rings is 3. The van der Waals surface area contributed by atoms with Gasteiger partial charge in [0, 0.05) is 11.6 Å². The van der Waals surface area contributed by atoms with Crippen LogP contribution in [0.3, 0.4) is 0 Å². The van der Waals surface area contributed by atoms with Crippen molar-refractivity contribution in [1.82, 2.24) is 9.73 Å². The molecular weight excluding hydrogens is 434 g/mol. The molecule has 1 amide bonds. The lowest BCUT2D eigenvalue weighted by atomic mass is 10.2. The Kier molecular flexibility index (Phi) is 7.57. The number of nitrogens with one attached hydrogen (secondary N) is 1. The molecule has 8 heteroatoms. The number of hydrazone groups is 1. The van der Waals surface area contributed by atoms with Crippen LogP contribution in [0.2, 0.25) is 5.02 Å². The van der Waals surface area contributed by atoms with Crippen LogP contribution in [0.15, 0.2) is 88.9 Å². The minimum Gasteiger partial charge on any atom is -0.272 e. The van der Waals surface area contributed by atoms with Crippen molar-refractivity contribution in [3.8, 4) is 0 Å². The van der Waals surface area contributed by atoms with E-state index in [1.807, 2.05) is 31.2 Å². The van der Waals surface area contributed by atoms with Crippen LogP contribution in [0.25, 0.3) is 0 Å². The first-order chi connectivity index (χ1) is 14.8. The van der Waals surface area contributed by atoms with Crippen molar-refractivity contribution in [1.29, 1.82) is 0 Å². The van der Waals surface area contributed by atoms with Gasteiger partial charge in [0.1, 0.15) is 0 Å². The Labute approximate surface area is 187 Å². The number of nitrogens with zero attached hydrogens (tertiary/aromatic N) is 2. The van der Waals surface area contributed by atoms with Crippen molar-refractivity contribution < 1.29 is 13.2 Å². The Morgan fingerprint density at radius 3 is 2.29 bits per heavy atom. The van der Waals surface area contributed by atoms with Gasteiger partial charge in [0.2, 0.25) is 10.0 Å². The topological polar surface area (TPSA) is 78.8 Å². The molecule has 0 aliphatic rings. The highest BCUT2D eigenvalue weighted by Crippen LogP contribution is 2.19. The Balaban J connectivity index is 1.76. The summed E-state index contributed by atoms with van der Waals surface area (Å²) in [7, 11) is -3.90. The van der Waals surface area contributed by atoms with Crippen molar-refractivity contribution in [2.45, 2.75) is 18.4 Å². The highest BCUT2D eigenvalue weighted by Gasteiger charge is 2.26.